The zero-order chi connectivity index (χ0) is 16.8. The summed E-state index contributed by atoms with van der Waals surface area (Å²) in [6.07, 6.45) is 1.82. The summed E-state index contributed by atoms with van der Waals surface area (Å²) in [7, 11) is 1.90. The summed E-state index contributed by atoms with van der Waals surface area (Å²) >= 11 is 0. The third-order valence-electron chi connectivity index (χ3n) is 2.76. The van der Waals surface area contributed by atoms with E-state index in [4.69, 9.17) is 4.74 Å². The number of hydrogen-bond acceptors (Lipinski definition) is 2. The molecule has 120 valence electrons. The number of rotatable bonds is 5. The molecule has 0 heterocycles. The second-order valence-electron chi connectivity index (χ2n) is 3.98. The molecule has 1 N–H and O–H groups in total. The van der Waals surface area contributed by atoms with Crippen molar-refractivity contribution in [3.05, 3.63) is 66.2 Å². The summed E-state index contributed by atoms with van der Waals surface area (Å²) in [5.74, 6) is 0.854. The topological polar surface area (TPSA) is 21.3 Å². The Morgan fingerprint density at radius 3 is 2.18 bits per heavy atom. The standard InChI is InChI=1S/C16H17NO.2C2H6/c1-3-14-11-15(9-10-16(14)17-2)18-12-13-7-5-4-6-8-13;2*1-2/h3-11,17H,1,12H2,2H3;2*1-2H3. The molecule has 0 aliphatic rings. The fourth-order valence-electron chi connectivity index (χ4n) is 1.77. The molecule has 2 aromatic rings. The first kappa shape index (κ1) is 19.8. The molecular formula is C20H29NO. The first-order valence-electron chi connectivity index (χ1n) is 7.94. The van der Waals surface area contributed by atoms with E-state index in [0.29, 0.717) is 6.61 Å². The molecule has 2 heteroatoms. The van der Waals surface area contributed by atoms with E-state index >= 15 is 0 Å². The van der Waals surface area contributed by atoms with Crippen LogP contribution in [-0.4, -0.2) is 7.05 Å². The zero-order valence-corrected chi connectivity index (χ0v) is 14.5. The van der Waals surface area contributed by atoms with Gasteiger partial charge in [0.25, 0.3) is 0 Å². The Morgan fingerprint density at radius 2 is 1.64 bits per heavy atom. The molecule has 0 amide bonds. The van der Waals surface area contributed by atoms with Crippen molar-refractivity contribution in [3.63, 3.8) is 0 Å². The van der Waals surface area contributed by atoms with E-state index in [1.165, 1.54) is 0 Å². The SMILES string of the molecule is C=Cc1cc(OCc2ccccc2)ccc1NC.CC.CC. The minimum absolute atomic E-state index is 0.580. The molecule has 2 aromatic carbocycles. The molecule has 0 unspecified atom stereocenters. The van der Waals surface area contributed by atoms with Gasteiger partial charge in [0.05, 0.1) is 0 Å². The Morgan fingerprint density at radius 1 is 1.00 bits per heavy atom. The van der Waals surface area contributed by atoms with Gasteiger partial charge in [-0.25, -0.2) is 0 Å². The van der Waals surface area contributed by atoms with E-state index in [-0.39, 0.29) is 0 Å². The van der Waals surface area contributed by atoms with Crippen LogP contribution in [-0.2, 0) is 6.61 Å². The first-order chi connectivity index (χ1) is 10.8. The molecular weight excluding hydrogens is 270 g/mol. The average molecular weight is 299 g/mol. The molecule has 0 saturated carbocycles. The minimum atomic E-state index is 0.580. The zero-order valence-electron chi connectivity index (χ0n) is 14.5. The van der Waals surface area contributed by atoms with E-state index in [1.54, 1.807) is 0 Å². The fourth-order valence-corrected chi connectivity index (χ4v) is 1.77. The molecule has 0 aliphatic carbocycles. The highest BCUT2D eigenvalue weighted by atomic mass is 16.5. The third kappa shape index (κ3) is 6.49. The van der Waals surface area contributed by atoms with Gasteiger partial charge in [-0.2, -0.15) is 0 Å². The molecule has 0 bridgehead atoms. The van der Waals surface area contributed by atoms with Crippen molar-refractivity contribution >= 4 is 11.8 Å². The van der Waals surface area contributed by atoms with Crippen molar-refractivity contribution < 1.29 is 4.74 Å². The van der Waals surface area contributed by atoms with Crippen LogP contribution in [0.25, 0.3) is 6.08 Å². The Balaban J connectivity index is 0.00000102. The highest BCUT2D eigenvalue weighted by Gasteiger charge is 2.01. The van der Waals surface area contributed by atoms with Crippen LogP contribution in [0, 0.1) is 0 Å². The van der Waals surface area contributed by atoms with Gasteiger partial charge in [-0.1, -0.05) is 70.7 Å². The van der Waals surface area contributed by atoms with E-state index in [1.807, 2.05) is 77.2 Å². The van der Waals surface area contributed by atoms with Gasteiger partial charge in [-0.3, -0.25) is 0 Å². The smallest absolute Gasteiger partial charge is 0.120 e. The Hall–Kier alpha value is -2.22. The van der Waals surface area contributed by atoms with E-state index in [0.717, 1.165) is 22.6 Å². The van der Waals surface area contributed by atoms with Crippen LogP contribution in [0.2, 0.25) is 0 Å². The maximum atomic E-state index is 5.76. The van der Waals surface area contributed by atoms with Crippen LogP contribution in [0.1, 0.15) is 38.8 Å². The maximum Gasteiger partial charge on any atom is 0.120 e. The van der Waals surface area contributed by atoms with Gasteiger partial charge in [0.1, 0.15) is 12.4 Å². The van der Waals surface area contributed by atoms with Crippen molar-refractivity contribution in [1.82, 2.24) is 0 Å². The van der Waals surface area contributed by atoms with E-state index < -0.39 is 0 Å². The lowest BCUT2D eigenvalue weighted by molar-refractivity contribution is 0.306. The maximum absolute atomic E-state index is 5.76. The quantitative estimate of drug-likeness (QED) is 0.730. The number of benzene rings is 2. The predicted octanol–water partition coefficient (Wildman–Crippen LogP) is 6.00. The second kappa shape index (κ2) is 12.5. The van der Waals surface area contributed by atoms with Gasteiger partial charge in [0, 0.05) is 18.3 Å². The average Bonchev–Trinajstić information content (AvgIpc) is 2.64. The summed E-state index contributed by atoms with van der Waals surface area (Å²) in [6.45, 7) is 12.4. The van der Waals surface area contributed by atoms with Crippen molar-refractivity contribution in [2.45, 2.75) is 34.3 Å². The van der Waals surface area contributed by atoms with E-state index in [9.17, 15) is 0 Å². The monoisotopic (exact) mass is 299 g/mol. The van der Waals surface area contributed by atoms with Gasteiger partial charge in [0.2, 0.25) is 0 Å². The highest BCUT2D eigenvalue weighted by Crippen LogP contribution is 2.23. The largest absolute Gasteiger partial charge is 0.489 e. The number of ether oxygens (including phenoxy) is 1. The van der Waals surface area contributed by atoms with Crippen LogP contribution in [0.3, 0.4) is 0 Å². The number of hydrogen-bond donors (Lipinski definition) is 1. The lowest BCUT2D eigenvalue weighted by Gasteiger charge is -2.10. The van der Waals surface area contributed by atoms with E-state index in [2.05, 4.69) is 24.0 Å². The summed E-state index contributed by atoms with van der Waals surface area (Å²) in [5, 5.41) is 3.12. The normalized spacial score (nSPS) is 8.59. The van der Waals surface area contributed by atoms with Crippen molar-refractivity contribution in [1.29, 1.82) is 0 Å². The third-order valence-corrected chi connectivity index (χ3v) is 2.76. The Labute approximate surface area is 135 Å². The van der Waals surface area contributed by atoms with Crippen molar-refractivity contribution in [2.24, 2.45) is 0 Å². The molecule has 2 rings (SSSR count). The Bertz CT molecular complexity index is 520. The number of nitrogens with one attached hydrogen (secondary N) is 1. The summed E-state index contributed by atoms with van der Waals surface area (Å²) < 4.78 is 5.76. The highest BCUT2D eigenvalue weighted by molar-refractivity contribution is 5.67. The molecule has 2 nitrogen and oxygen atoms in total. The lowest BCUT2D eigenvalue weighted by atomic mass is 10.1. The van der Waals surface area contributed by atoms with Crippen molar-refractivity contribution in [3.8, 4) is 5.75 Å². The number of anilines is 1. The van der Waals surface area contributed by atoms with Crippen LogP contribution in [0.5, 0.6) is 5.75 Å². The summed E-state index contributed by atoms with van der Waals surface area (Å²) in [4.78, 5) is 0. The van der Waals surface area contributed by atoms with Crippen molar-refractivity contribution in [2.75, 3.05) is 12.4 Å². The van der Waals surface area contributed by atoms with Crippen LogP contribution >= 0.6 is 0 Å². The summed E-state index contributed by atoms with van der Waals surface area (Å²) in [5.41, 5.74) is 3.26. The van der Waals surface area contributed by atoms with Gasteiger partial charge >= 0.3 is 0 Å². The molecule has 22 heavy (non-hydrogen) atoms. The molecule has 0 spiro atoms. The predicted molar refractivity (Wildman–Crippen MR) is 99.5 cm³/mol. The fraction of sp³-hybridized carbons (Fsp3) is 0.300. The first-order valence-corrected chi connectivity index (χ1v) is 7.94. The molecule has 0 aromatic heterocycles. The molecule has 0 fully saturated rings. The molecule has 0 atom stereocenters. The van der Waals surface area contributed by atoms with Crippen LogP contribution in [0.15, 0.2) is 55.1 Å². The second-order valence-corrected chi connectivity index (χ2v) is 3.98. The van der Waals surface area contributed by atoms with Gasteiger partial charge in [0.15, 0.2) is 0 Å². The van der Waals surface area contributed by atoms with Gasteiger partial charge in [-0.05, 0) is 23.8 Å². The molecule has 0 saturated heterocycles. The Kier molecular flexibility index (Phi) is 11.3. The summed E-state index contributed by atoms with van der Waals surface area (Å²) in [6, 6.07) is 16.1. The molecule has 0 radical (unpaired) electrons. The minimum Gasteiger partial charge on any atom is -0.489 e. The van der Waals surface area contributed by atoms with Crippen LogP contribution < -0.4 is 10.1 Å². The van der Waals surface area contributed by atoms with Gasteiger partial charge in [-0.15, -0.1) is 0 Å². The van der Waals surface area contributed by atoms with Gasteiger partial charge < -0.3 is 10.1 Å². The van der Waals surface area contributed by atoms with Crippen LogP contribution in [0.4, 0.5) is 5.69 Å². The lowest BCUT2D eigenvalue weighted by Crippen LogP contribution is -1.97. The molecule has 0 aliphatic heterocycles.